The molecule has 0 saturated carbocycles. The number of carbonyl (C=O) groups excluding carboxylic acids is 1. The van der Waals surface area contributed by atoms with Crippen LogP contribution in [0.2, 0.25) is 5.02 Å². The van der Waals surface area contributed by atoms with Crippen molar-refractivity contribution in [2.24, 2.45) is 0 Å². The maximum Gasteiger partial charge on any atom is 0.289 e. The van der Waals surface area contributed by atoms with E-state index < -0.39 is 0 Å². The Balaban J connectivity index is 1.88. The summed E-state index contributed by atoms with van der Waals surface area (Å²) < 4.78 is 11.0. The van der Waals surface area contributed by atoms with Crippen molar-refractivity contribution in [2.75, 3.05) is 19.7 Å². The molecule has 1 saturated heterocycles. The van der Waals surface area contributed by atoms with E-state index in [0.717, 1.165) is 5.39 Å². The van der Waals surface area contributed by atoms with Crippen molar-refractivity contribution >= 4 is 28.5 Å². The third-order valence-electron chi connectivity index (χ3n) is 3.22. The molecule has 4 nitrogen and oxygen atoms in total. The van der Waals surface area contributed by atoms with Gasteiger partial charge in [-0.3, -0.25) is 4.79 Å². The Labute approximate surface area is 115 Å². The Morgan fingerprint density at radius 1 is 1.42 bits per heavy atom. The number of furan rings is 1. The number of halogens is 1. The maximum atomic E-state index is 12.3. The fourth-order valence-corrected chi connectivity index (χ4v) is 2.46. The fourth-order valence-electron chi connectivity index (χ4n) is 2.28. The van der Waals surface area contributed by atoms with Crippen LogP contribution in [0.1, 0.15) is 17.5 Å². The number of nitrogens with zero attached hydrogens (tertiary/aromatic N) is 1. The molecule has 1 atom stereocenters. The van der Waals surface area contributed by atoms with Gasteiger partial charge in [0.05, 0.1) is 12.7 Å². The molecule has 1 amide bonds. The molecule has 0 bridgehead atoms. The number of morpholine rings is 1. The molecule has 2 heterocycles. The minimum Gasteiger partial charge on any atom is -0.451 e. The highest BCUT2D eigenvalue weighted by Gasteiger charge is 2.24. The Kier molecular flexibility index (Phi) is 3.21. The molecule has 3 rings (SSSR count). The van der Waals surface area contributed by atoms with Crippen LogP contribution in [0.5, 0.6) is 0 Å². The third-order valence-corrected chi connectivity index (χ3v) is 3.45. The standard InChI is InChI=1S/C14H14ClNO3/c1-9-8-16(4-5-18-9)14(17)13-7-10-6-11(15)2-3-12(10)19-13/h2-3,6-7,9H,4-5,8H2,1H3. The lowest BCUT2D eigenvalue weighted by Crippen LogP contribution is -2.44. The van der Waals surface area contributed by atoms with E-state index in [9.17, 15) is 4.79 Å². The number of amides is 1. The Hall–Kier alpha value is -1.52. The molecule has 0 spiro atoms. The van der Waals surface area contributed by atoms with Crippen molar-refractivity contribution in [3.63, 3.8) is 0 Å². The number of hydrogen-bond acceptors (Lipinski definition) is 3. The summed E-state index contributed by atoms with van der Waals surface area (Å²) in [5.41, 5.74) is 0.675. The van der Waals surface area contributed by atoms with Crippen LogP contribution in [0, 0.1) is 0 Å². The summed E-state index contributed by atoms with van der Waals surface area (Å²) in [5, 5.41) is 1.48. The predicted molar refractivity (Wildman–Crippen MR) is 72.5 cm³/mol. The molecular formula is C14H14ClNO3. The quantitative estimate of drug-likeness (QED) is 0.806. The van der Waals surface area contributed by atoms with Crippen LogP contribution in [0.4, 0.5) is 0 Å². The predicted octanol–water partition coefficient (Wildman–Crippen LogP) is 2.95. The normalized spacial score (nSPS) is 19.9. The minimum atomic E-state index is -0.0949. The topological polar surface area (TPSA) is 42.7 Å². The molecule has 1 unspecified atom stereocenters. The van der Waals surface area contributed by atoms with Gasteiger partial charge >= 0.3 is 0 Å². The van der Waals surface area contributed by atoms with Crippen molar-refractivity contribution < 1.29 is 13.9 Å². The summed E-state index contributed by atoms with van der Waals surface area (Å²) >= 11 is 5.92. The zero-order valence-electron chi connectivity index (χ0n) is 10.6. The average molecular weight is 280 g/mol. The van der Waals surface area contributed by atoms with E-state index in [1.54, 1.807) is 29.2 Å². The van der Waals surface area contributed by atoms with Gasteiger partial charge in [0.1, 0.15) is 5.58 Å². The lowest BCUT2D eigenvalue weighted by molar-refractivity contribution is -0.0134. The van der Waals surface area contributed by atoms with Gasteiger partial charge in [-0.2, -0.15) is 0 Å². The number of carbonyl (C=O) groups is 1. The largest absolute Gasteiger partial charge is 0.451 e. The van der Waals surface area contributed by atoms with E-state index >= 15 is 0 Å². The second kappa shape index (κ2) is 4.87. The Morgan fingerprint density at radius 3 is 3.05 bits per heavy atom. The van der Waals surface area contributed by atoms with Crippen LogP contribution < -0.4 is 0 Å². The van der Waals surface area contributed by atoms with Crippen molar-refractivity contribution in [1.29, 1.82) is 0 Å². The highest BCUT2D eigenvalue weighted by Crippen LogP contribution is 2.24. The van der Waals surface area contributed by atoms with Crippen LogP contribution in [-0.2, 0) is 4.74 Å². The second-order valence-electron chi connectivity index (χ2n) is 4.73. The van der Waals surface area contributed by atoms with Crippen LogP contribution in [0.25, 0.3) is 11.0 Å². The lowest BCUT2D eigenvalue weighted by Gasteiger charge is -2.30. The van der Waals surface area contributed by atoms with Gasteiger partial charge in [-0.25, -0.2) is 0 Å². The van der Waals surface area contributed by atoms with Gasteiger partial charge in [0.15, 0.2) is 5.76 Å². The van der Waals surface area contributed by atoms with Gasteiger partial charge in [0.25, 0.3) is 5.91 Å². The molecule has 0 aliphatic carbocycles. The minimum absolute atomic E-state index is 0.0662. The van der Waals surface area contributed by atoms with Crippen LogP contribution in [-0.4, -0.2) is 36.6 Å². The van der Waals surface area contributed by atoms with Crippen molar-refractivity contribution in [3.05, 3.63) is 35.0 Å². The molecule has 2 aromatic rings. The molecule has 1 fully saturated rings. The van der Waals surface area contributed by atoms with Crippen LogP contribution >= 0.6 is 11.6 Å². The summed E-state index contributed by atoms with van der Waals surface area (Å²) in [7, 11) is 0. The molecule has 1 aromatic heterocycles. The first kappa shape index (κ1) is 12.5. The summed E-state index contributed by atoms with van der Waals surface area (Å²) in [4.78, 5) is 14.1. The van der Waals surface area contributed by atoms with E-state index in [1.165, 1.54) is 0 Å². The monoisotopic (exact) mass is 279 g/mol. The highest BCUT2D eigenvalue weighted by molar-refractivity contribution is 6.31. The Morgan fingerprint density at radius 2 is 2.26 bits per heavy atom. The first-order valence-corrected chi connectivity index (χ1v) is 6.61. The van der Waals surface area contributed by atoms with Crippen molar-refractivity contribution in [3.8, 4) is 0 Å². The van der Waals surface area contributed by atoms with Crippen molar-refractivity contribution in [1.82, 2.24) is 4.90 Å². The molecular weight excluding hydrogens is 266 g/mol. The van der Waals surface area contributed by atoms with Gasteiger partial charge in [0.2, 0.25) is 0 Å². The van der Waals surface area contributed by atoms with Gasteiger partial charge in [-0.05, 0) is 31.2 Å². The number of ether oxygens (including phenoxy) is 1. The summed E-state index contributed by atoms with van der Waals surface area (Å²) in [6.45, 7) is 3.72. The first-order valence-electron chi connectivity index (χ1n) is 6.23. The molecule has 0 radical (unpaired) electrons. The smallest absolute Gasteiger partial charge is 0.289 e. The summed E-state index contributed by atoms with van der Waals surface area (Å²) in [6, 6.07) is 7.05. The number of benzene rings is 1. The van der Waals surface area contributed by atoms with Crippen molar-refractivity contribution in [2.45, 2.75) is 13.0 Å². The van der Waals surface area contributed by atoms with E-state index in [2.05, 4.69) is 0 Å². The van der Waals surface area contributed by atoms with Gasteiger partial charge in [0, 0.05) is 23.5 Å². The molecule has 1 aliphatic heterocycles. The van der Waals surface area contributed by atoms with E-state index in [4.69, 9.17) is 20.8 Å². The van der Waals surface area contributed by atoms with Gasteiger partial charge < -0.3 is 14.1 Å². The van der Waals surface area contributed by atoms with Crippen LogP contribution in [0.3, 0.4) is 0 Å². The molecule has 0 N–H and O–H groups in total. The van der Waals surface area contributed by atoms with E-state index in [-0.39, 0.29) is 12.0 Å². The number of hydrogen-bond donors (Lipinski definition) is 0. The highest BCUT2D eigenvalue weighted by atomic mass is 35.5. The van der Waals surface area contributed by atoms with Gasteiger partial charge in [-0.15, -0.1) is 0 Å². The Bertz CT molecular complexity index is 622. The average Bonchev–Trinajstić information content (AvgIpc) is 2.80. The molecule has 19 heavy (non-hydrogen) atoms. The molecule has 1 aliphatic rings. The molecule has 5 heteroatoms. The number of fused-ring (bicyclic) bond motifs is 1. The number of rotatable bonds is 1. The molecule has 1 aromatic carbocycles. The van der Waals surface area contributed by atoms with E-state index in [0.29, 0.717) is 36.1 Å². The zero-order chi connectivity index (χ0) is 13.4. The second-order valence-corrected chi connectivity index (χ2v) is 5.16. The fraction of sp³-hybridized carbons (Fsp3) is 0.357. The zero-order valence-corrected chi connectivity index (χ0v) is 11.3. The molecule has 100 valence electrons. The van der Waals surface area contributed by atoms with Gasteiger partial charge in [-0.1, -0.05) is 11.6 Å². The lowest BCUT2D eigenvalue weighted by atomic mass is 10.2. The summed E-state index contributed by atoms with van der Waals surface area (Å²) in [5.74, 6) is 0.258. The third kappa shape index (κ3) is 2.46. The first-order chi connectivity index (χ1) is 9.13. The van der Waals surface area contributed by atoms with E-state index in [1.807, 2.05) is 6.92 Å². The SMILES string of the molecule is CC1CN(C(=O)c2cc3cc(Cl)ccc3o2)CCO1. The summed E-state index contributed by atoms with van der Waals surface area (Å²) in [6.07, 6.45) is 0.0662. The maximum absolute atomic E-state index is 12.3. The van der Waals surface area contributed by atoms with Crippen LogP contribution in [0.15, 0.2) is 28.7 Å².